The smallest absolute Gasteiger partial charge is 0.322 e. The van der Waals surface area contributed by atoms with Crippen LogP contribution in [0, 0.1) is 24.5 Å². The zero-order chi connectivity index (χ0) is 24.7. The van der Waals surface area contributed by atoms with Crippen molar-refractivity contribution in [2.45, 2.75) is 33.9 Å². The number of halogens is 2. The van der Waals surface area contributed by atoms with Crippen LogP contribution in [0.3, 0.4) is 0 Å². The van der Waals surface area contributed by atoms with Crippen LogP contribution < -0.4 is 5.32 Å². The monoisotopic (exact) mass is 469 g/mol. The van der Waals surface area contributed by atoms with Gasteiger partial charge in [0.05, 0.1) is 6.54 Å². The Kier molecular flexibility index (Phi) is 8.40. The number of hydrogen-bond donors (Lipinski definition) is 1. The summed E-state index contributed by atoms with van der Waals surface area (Å²) in [6, 6.07) is 15.8. The highest BCUT2D eigenvalue weighted by atomic mass is 19.2. The number of carbonyl (C=O) groups is 2. The van der Waals surface area contributed by atoms with Crippen molar-refractivity contribution < 1.29 is 22.8 Å². The Hall–Kier alpha value is -3.68. The second kappa shape index (κ2) is 11.4. The topological polar surface area (TPSA) is 65.8 Å². The van der Waals surface area contributed by atoms with Gasteiger partial charge in [0, 0.05) is 24.8 Å². The summed E-state index contributed by atoms with van der Waals surface area (Å²) in [7, 11) is 0. The second-order valence-corrected chi connectivity index (χ2v) is 8.58. The Morgan fingerprint density at radius 2 is 1.68 bits per heavy atom. The number of anilines is 1. The van der Waals surface area contributed by atoms with Crippen LogP contribution in [-0.4, -0.2) is 34.8 Å². The zero-order valence-corrected chi connectivity index (χ0v) is 19.6. The van der Waals surface area contributed by atoms with E-state index in [1.54, 1.807) is 4.90 Å². The normalized spacial score (nSPS) is 10.9. The van der Waals surface area contributed by atoms with E-state index in [0.29, 0.717) is 18.8 Å². The molecule has 0 radical (unpaired) electrons. The van der Waals surface area contributed by atoms with Crippen molar-refractivity contribution in [3.63, 3.8) is 0 Å². The van der Waals surface area contributed by atoms with Crippen LogP contribution in [0.1, 0.15) is 30.9 Å². The molecule has 1 aromatic heterocycles. The van der Waals surface area contributed by atoms with E-state index in [1.165, 1.54) is 11.0 Å². The number of benzene rings is 2. The number of aryl methyl sites for hydroxylation is 1. The maximum atomic E-state index is 13.6. The fraction of sp³-hybridized carbons (Fsp3) is 0.308. The number of carbonyl (C=O) groups excluding carboxylic acids is 2. The molecule has 0 aliphatic heterocycles. The predicted octanol–water partition coefficient (Wildman–Crippen LogP) is 5.59. The molecular formula is C26H29F2N3O3. The number of urea groups is 1. The molecule has 0 saturated heterocycles. The van der Waals surface area contributed by atoms with Crippen molar-refractivity contribution in [2.24, 2.45) is 5.92 Å². The van der Waals surface area contributed by atoms with Gasteiger partial charge in [-0.25, -0.2) is 13.6 Å². The molecular weight excluding hydrogens is 440 g/mol. The molecule has 0 spiro atoms. The van der Waals surface area contributed by atoms with Crippen LogP contribution in [0.2, 0.25) is 0 Å². The summed E-state index contributed by atoms with van der Waals surface area (Å²) in [4.78, 5) is 29.3. The van der Waals surface area contributed by atoms with Gasteiger partial charge in [-0.3, -0.25) is 4.79 Å². The summed E-state index contributed by atoms with van der Waals surface area (Å²) in [6.45, 7) is 6.41. The van der Waals surface area contributed by atoms with E-state index in [2.05, 4.69) is 5.32 Å². The number of nitrogens with zero attached hydrogens (tertiary/aromatic N) is 2. The second-order valence-electron chi connectivity index (χ2n) is 8.58. The minimum Gasteiger partial charge on any atom is -0.464 e. The van der Waals surface area contributed by atoms with Crippen molar-refractivity contribution in [3.05, 3.63) is 89.4 Å². The lowest BCUT2D eigenvalue weighted by atomic mass is 10.2. The van der Waals surface area contributed by atoms with Gasteiger partial charge in [-0.2, -0.15) is 0 Å². The van der Waals surface area contributed by atoms with Crippen LogP contribution in [0.5, 0.6) is 0 Å². The van der Waals surface area contributed by atoms with Gasteiger partial charge in [0.15, 0.2) is 11.6 Å². The van der Waals surface area contributed by atoms with Gasteiger partial charge in [-0.15, -0.1) is 0 Å². The van der Waals surface area contributed by atoms with Crippen LogP contribution in [0.15, 0.2) is 65.1 Å². The number of nitrogens with one attached hydrogen (secondary N) is 1. The lowest BCUT2D eigenvalue weighted by Gasteiger charge is -2.28. The Balaban J connectivity index is 1.77. The molecule has 180 valence electrons. The van der Waals surface area contributed by atoms with Gasteiger partial charge < -0.3 is 19.5 Å². The summed E-state index contributed by atoms with van der Waals surface area (Å²) in [5.74, 6) is -0.861. The lowest BCUT2D eigenvalue weighted by molar-refractivity contribution is -0.133. The van der Waals surface area contributed by atoms with Gasteiger partial charge in [-0.1, -0.05) is 44.2 Å². The summed E-state index contributed by atoms with van der Waals surface area (Å²) in [5.41, 5.74) is 1.05. The zero-order valence-electron chi connectivity index (χ0n) is 19.6. The van der Waals surface area contributed by atoms with Crippen LogP contribution in [0.25, 0.3) is 0 Å². The van der Waals surface area contributed by atoms with Gasteiger partial charge in [-0.05, 0) is 42.7 Å². The van der Waals surface area contributed by atoms with E-state index in [9.17, 15) is 18.4 Å². The average molecular weight is 470 g/mol. The Morgan fingerprint density at radius 3 is 2.29 bits per heavy atom. The third kappa shape index (κ3) is 7.16. The van der Waals surface area contributed by atoms with Gasteiger partial charge in [0.1, 0.15) is 18.1 Å². The lowest BCUT2D eigenvalue weighted by Crippen LogP contribution is -2.45. The molecule has 0 bridgehead atoms. The molecule has 0 fully saturated rings. The standard InChI is InChI=1S/C26H29F2N3O3/c1-18(2)14-31(26(33)29-21-10-12-23(27)24(28)13-21)17-25(32)30(15-20-7-5-4-6-8-20)16-22-11-9-19(3)34-22/h4-13,18H,14-17H2,1-3H3,(H,29,33). The van der Waals surface area contributed by atoms with Crippen LogP contribution >= 0.6 is 0 Å². The molecule has 0 atom stereocenters. The van der Waals surface area contributed by atoms with E-state index in [1.807, 2.05) is 63.2 Å². The van der Waals surface area contributed by atoms with E-state index >= 15 is 0 Å². The van der Waals surface area contributed by atoms with Crippen molar-refractivity contribution in [1.29, 1.82) is 0 Å². The van der Waals surface area contributed by atoms with Crippen molar-refractivity contribution in [2.75, 3.05) is 18.4 Å². The van der Waals surface area contributed by atoms with Crippen molar-refractivity contribution in [3.8, 4) is 0 Å². The molecule has 6 nitrogen and oxygen atoms in total. The highest BCUT2D eigenvalue weighted by Gasteiger charge is 2.23. The van der Waals surface area contributed by atoms with Gasteiger partial charge >= 0.3 is 6.03 Å². The molecule has 1 N–H and O–H groups in total. The first-order valence-electron chi connectivity index (χ1n) is 11.1. The van der Waals surface area contributed by atoms with E-state index in [4.69, 9.17) is 4.42 Å². The predicted molar refractivity (Wildman–Crippen MR) is 126 cm³/mol. The van der Waals surface area contributed by atoms with E-state index in [-0.39, 0.29) is 30.6 Å². The summed E-state index contributed by atoms with van der Waals surface area (Å²) >= 11 is 0. The molecule has 0 saturated carbocycles. The van der Waals surface area contributed by atoms with E-state index in [0.717, 1.165) is 23.5 Å². The minimum atomic E-state index is -1.06. The number of rotatable bonds is 9. The molecule has 34 heavy (non-hydrogen) atoms. The molecule has 8 heteroatoms. The van der Waals surface area contributed by atoms with Crippen molar-refractivity contribution in [1.82, 2.24) is 9.80 Å². The third-order valence-corrected chi connectivity index (χ3v) is 5.08. The Bertz CT molecular complexity index is 1120. The molecule has 0 aliphatic rings. The molecule has 1 heterocycles. The molecule has 3 aromatic rings. The average Bonchev–Trinajstić information content (AvgIpc) is 3.20. The number of furan rings is 1. The molecule has 0 unspecified atom stereocenters. The van der Waals surface area contributed by atoms with Gasteiger partial charge in [0.2, 0.25) is 5.91 Å². The summed E-state index contributed by atoms with van der Waals surface area (Å²) < 4.78 is 32.5. The van der Waals surface area contributed by atoms with Gasteiger partial charge in [0.25, 0.3) is 0 Å². The van der Waals surface area contributed by atoms with E-state index < -0.39 is 17.7 Å². The van der Waals surface area contributed by atoms with Crippen molar-refractivity contribution >= 4 is 17.6 Å². The first-order valence-corrected chi connectivity index (χ1v) is 11.1. The van der Waals surface area contributed by atoms with Crippen LogP contribution in [0.4, 0.5) is 19.3 Å². The molecule has 2 aromatic carbocycles. The Morgan fingerprint density at radius 1 is 0.941 bits per heavy atom. The first-order chi connectivity index (χ1) is 16.2. The summed E-state index contributed by atoms with van der Waals surface area (Å²) in [6.07, 6.45) is 0. The summed E-state index contributed by atoms with van der Waals surface area (Å²) in [5, 5.41) is 2.55. The fourth-order valence-corrected chi connectivity index (χ4v) is 3.49. The number of hydrogen-bond acceptors (Lipinski definition) is 3. The SMILES string of the molecule is Cc1ccc(CN(Cc2ccccc2)C(=O)CN(CC(C)C)C(=O)Nc2ccc(F)c(F)c2)o1. The first kappa shape index (κ1) is 25.0. The molecule has 0 aliphatic carbocycles. The maximum Gasteiger partial charge on any atom is 0.322 e. The third-order valence-electron chi connectivity index (χ3n) is 5.08. The number of amides is 3. The minimum absolute atomic E-state index is 0.0822. The maximum absolute atomic E-state index is 13.6. The largest absolute Gasteiger partial charge is 0.464 e. The highest BCUT2D eigenvalue weighted by molar-refractivity contribution is 5.92. The molecule has 3 amide bonds. The fourth-order valence-electron chi connectivity index (χ4n) is 3.49. The highest BCUT2D eigenvalue weighted by Crippen LogP contribution is 2.16. The molecule has 3 rings (SSSR count). The Labute approximate surface area is 198 Å². The quantitative estimate of drug-likeness (QED) is 0.445. The van der Waals surface area contributed by atoms with Crippen LogP contribution in [-0.2, 0) is 17.9 Å².